The predicted molar refractivity (Wildman–Crippen MR) is 196 cm³/mol. The molecule has 4 heteroatoms. The highest BCUT2D eigenvalue weighted by atomic mass is 16.3. The van der Waals surface area contributed by atoms with E-state index in [1.807, 2.05) is 0 Å². The Labute approximate surface area is 279 Å². The van der Waals surface area contributed by atoms with Gasteiger partial charge in [0.05, 0.1) is 22.3 Å². The second-order valence-electron chi connectivity index (χ2n) is 15.3. The minimum atomic E-state index is -0.227. The monoisotopic (exact) mass is 619 g/mol. The Bertz CT molecular complexity index is 2120. The maximum absolute atomic E-state index is 11.8. The van der Waals surface area contributed by atoms with Gasteiger partial charge in [0.1, 0.15) is 11.6 Å². The quantitative estimate of drug-likeness (QED) is 0.214. The largest absolute Gasteiger partial charge is 0.507 e. The van der Waals surface area contributed by atoms with Crippen molar-refractivity contribution in [3.63, 3.8) is 0 Å². The Hall–Kier alpha value is -4.70. The topological polar surface area (TPSA) is 50.9 Å². The maximum atomic E-state index is 11.8. The van der Waals surface area contributed by atoms with E-state index in [0.717, 1.165) is 68.8 Å². The summed E-state index contributed by atoms with van der Waals surface area (Å²) in [6.45, 7) is 13.1. The van der Waals surface area contributed by atoms with Crippen LogP contribution in [0.1, 0.15) is 76.6 Å². The first-order chi connectivity index (χ1) is 22.4. The van der Waals surface area contributed by atoms with E-state index in [1.165, 1.54) is 35.1 Å². The molecule has 1 aliphatic rings. The molecule has 4 aromatic carbocycles. The van der Waals surface area contributed by atoms with Gasteiger partial charge in [0.2, 0.25) is 0 Å². The van der Waals surface area contributed by atoms with E-state index in [-0.39, 0.29) is 10.8 Å². The van der Waals surface area contributed by atoms with Crippen LogP contribution >= 0.6 is 0 Å². The molecule has 7 rings (SSSR count). The average molecular weight is 620 g/mol. The second-order valence-corrected chi connectivity index (χ2v) is 15.3. The molecule has 1 aliphatic carbocycles. The number of aromatic nitrogens is 3. The van der Waals surface area contributed by atoms with E-state index >= 15 is 0 Å². The number of benzene rings is 4. The van der Waals surface area contributed by atoms with Gasteiger partial charge in [-0.3, -0.25) is 4.98 Å². The fraction of sp³-hybridized carbons (Fsp3) is 0.302. The molecule has 0 radical (unpaired) electrons. The van der Waals surface area contributed by atoms with Gasteiger partial charge in [-0.25, -0.2) is 4.98 Å². The van der Waals surface area contributed by atoms with Gasteiger partial charge in [-0.15, -0.1) is 0 Å². The number of phenolic OH excluding ortho intramolecular Hbond substituents is 1. The van der Waals surface area contributed by atoms with Gasteiger partial charge in [0.15, 0.2) is 0 Å². The van der Waals surface area contributed by atoms with Crippen molar-refractivity contribution in [2.24, 2.45) is 7.05 Å². The summed E-state index contributed by atoms with van der Waals surface area (Å²) in [5.74, 6) is 1.06. The number of aromatic hydroxyl groups is 1. The van der Waals surface area contributed by atoms with Crippen LogP contribution in [-0.2, 0) is 30.7 Å². The molecular formula is C43H45N3O. The van der Waals surface area contributed by atoms with Crippen LogP contribution in [0, 0.1) is 0 Å². The first-order valence-electron chi connectivity index (χ1n) is 16.9. The fourth-order valence-corrected chi connectivity index (χ4v) is 7.00. The number of nitrogens with zero attached hydrogens (tertiary/aromatic N) is 3. The summed E-state index contributed by atoms with van der Waals surface area (Å²) in [5, 5.41) is 11.8. The third kappa shape index (κ3) is 5.75. The zero-order chi connectivity index (χ0) is 33.1. The number of para-hydroxylation sites is 1. The standard InChI is InChI=1S/C43H45N3O/c1-42(2,3)33-24-35(40(47)36(25-33)43(4,5)6)41-45-39-34(18-13-19-38(39)46(41)7)31-20-30(27-14-9-8-10-15-27)21-32(22-31)37-23-28-16-11-12-17-29(28)26-44-37/h8-10,13-15,18-26,47H,11-12,16-17H2,1-7H3. The van der Waals surface area contributed by atoms with Crippen LogP contribution < -0.4 is 0 Å². The minimum Gasteiger partial charge on any atom is -0.507 e. The Morgan fingerprint density at radius 3 is 2.09 bits per heavy atom. The van der Waals surface area contributed by atoms with E-state index in [2.05, 4.69) is 144 Å². The van der Waals surface area contributed by atoms with Crippen molar-refractivity contribution in [3.05, 3.63) is 113 Å². The predicted octanol–water partition coefficient (Wildman–Crippen LogP) is 10.8. The molecule has 0 saturated heterocycles. The van der Waals surface area contributed by atoms with E-state index in [4.69, 9.17) is 9.97 Å². The van der Waals surface area contributed by atoms with Gasteiger partial charge in [0.25, 0.3) is 0 Å². The van der Waals surface area contributed by atoms with Crippen molar-refractivity contribution in [1.29, 1.82) is 0 Å². The third-order valence-electron chi connectivity index (χ3n) is 9.81. The highest BCUT2D eigenvalue weighted by Crippen LogP contribution is 2.43. The van der Waals surface area contributed by atoms with Crippen molar-refractivity contribution in [3.8, 4) is 50.6 Å². The van der Waals surface area contributed by atoms with Crippen molar-refractivity contribution < 1.29 is 5.11 Å². The molecule has 47 heavy (non-hydrogen) atoms. The molecule has 6 aromatic rings. The Kier molecular flexibility index (Phi) is 7.58. The first kappa shape index (κ1) is 30.9. The summed E-state index contributed by atoms with van der Waals surface area (Å²) in [6.07, 6.45) is 6.81. The zero-order valence-electron chi connectivity index (χ0n) is 28.8. The molecule has 0 atom stereocenters. The lowest BCUT2D eigenvalue weighted by atomic mass is 9.79. The van der Waals surface area contributed by atoms with Gasteiger partial charge in [0, 0.05) is 29.9 Å². The summed E-state index contributed by atoms with van der Waals surface area (Å²) in [4.78, 5) is 10.3. The molecule has 0 saturated carbocycles. The number of imidazole rings is 1. The van der Waals surface area contributed by atoms with Gasteiger partial charge < -0.3 is 9.67 Å². The summed E-state index contributed by atoms with van der Waals surface area (Å²) >= 11 is 0. The van der Waals surface area contributed by atoms with Gasteiger partial charge >= 0.3 is 0 Å². The summed E-state index contributed by atoms with van der Waals surface area (Å²) in [7, 11) is 2.05. The Morgan fingerprint density at radius 1 is 0.660 bits per heavy atom. The highest BCUT2D eigenvalue weighted by Gasteiger charge is 2.27. The Morgan fingerprint density at radius 2 is 1.36 bits per heavy atom. The van der Waals surface area contributed by atoms with Gasteiger partial charge in [-0.2, -0.15) is 0 Å². The van der Waals surface area contributed by atoms with Crippen LogP contribution in [0.25, 0.3) is 55.9 Å². The lowest BCUT2D eigenvalue weighted by Gasteiger charge is -2.27. The van der Waals surface area contributed by atoms with Crippen LogP contribution in [0.15, 0.2) is 91.1 Å². The number of rotatable bonds is 4. The molecule has 238 valence electrons. The van der Waals surface area contributed by atoms with Crippen molar-refractivity contribution in [2.75, 3.05) is 0 Å². The maximum Gasteiger partial charge on any atom is 0.144 e. The number of aryl methyl sites for hydroxylation is 3. The molecule has 0 amide bonds. The molecular weight excluding hydrogens is 574 g/mol. The van der Waals surface area contributed by atoms with E-state index in [0.29, 0.717) is 5.75 Å². The summed E-state index contributed by atoms with van der Waals surface area (Å²) in [6, 6.07) is 30.4. The van der Waals surface area contributed by atoms with Gasteiger partial charge in [-0.1, -0.05) is 90.1 Å². The fourth-order valence-electron chi connectivity index (χ4n) is 7.00. The highest BCUT2D eigenvalue weighted by molar-refractivity contribution is 5.96. The van der Waals surface area contributed by atoms with Gasteiger partial charge in [-0.05, 0) is 106 Å². The van der Waals surface area contributed by atoms with Crippen LogP contribution in [0.3, 0.4) is 0 Å². The smallest absolute Gasteiger partial charge is 0.144 e. The normalized spacial score (nSPS) is 13.6. The minimum absolute atomic E-state index is 0.0861. The van der Waals surface area contributed by atoms with Crippen molar-refractivity contribution in [2.45, 2.75) is 78.1 Å². The summed E-state index contributed by atoms with van der Waals surface area (Å²) < 4.78 is 2.12. The van der Waals surface area contributed by atoms with E-state index in [1.54, 1.807) is 0 Å². The second kappa shape index (κ2) is 11.5. The van der Waals surface area contributed by atoms with Crippen molar-refractivity contribution in [1.82, 2.24) is 14.5 Å². The van der Waals surface area contributed by atoms with Crippen LogP contribution in [0.4, 0.5) is 0 Å². The van der Waals surface area contributed by atoms with Crippen molar-refractivity contribution >= 4 is 11.0 Å². The Balaban J connectivity index is 1.44. The molecule has 2 heterocycles. The summed E-state index contributed by atoms with van der Waals surface area (Å²) in [5.41, 5.74) is 13.9. The molecule has 4 nitrogen and oxygen atoms in total. The molecule has 0 aliphatic heterocycles. The van der Waals surface area contributed by atoms with E-state index < -0.39 is 0 Å². The first-order valence-corrected chi connectivity index (χ1v) is 16.9. The number of phenols is 1. The molecule has 0 spiro atoms. The molecule has 0 unspecified atom stereocenters. The zero-order valence-corrected chi connectivity index (χ0v) is 28.8. The number of hydrogen-bond acceptors (Lipinski definition) is 3. The SMILES string of the molecule is Cn1c(-c2cc(C(C)(C)C)cc(C(C)(C)C)c2O)nc2c(-c3cc(-c4ccccc4)cc(-c4cc5c(cn4)CCCC5)c3)cccc21. The van der Waals surface area contributed by atoms with Crippen LogP contribution in [-0.4, -0.2) is 19.6 Å². The molecule has 2 aromatic heterocycles. The molecule has 1 N–H and O–H groups in total. The average Bonchev–Trinajstić information content (AvgIpc) is 3.39. The number of fused-ring (bicyclic) bond motifs is 2. The lowest BCUT2D eigenvalue weighted by molar-refractivity contribution is 0.446. The van der Waals surface area contributed by atoms with E-state index in [9.17, 15) is 5.11 Å². The van der Waals surface area contributed by atoms with Crippen LogP contribution in [0.5, 0.6) is 5.75 Å². The lowest BCUT2D eigenvalue weighted by Crippen LogP contribution is -2.17. The number of hydrogen-bond donors (Lipinski definition) is 1. The number of pyridine rings is 1. The molecule has 0 fully saturated rings. The molecule has 0 bridgehead atoms. The third-order valence-corrected chi connectivity index (χ3v) is 9.81. The van der Waals surface area contributed by atoms with Crippen LogP contribution in [0.2, 0.25) is 0 Å².